The molecule has 0 fully saturated rings. The van der Waals surface area contributed by atoms with Crippen LogP contribution in [0.4, 0.5) is 11.4 Å². The Hall–Kier alpha value is -1.77. The van der Waals surface area contributed by atoms with Crippen LogP contribution in [0.15, 0.2) is 29.2 Å². The lowest BCUT2D eigenvalue weighted by molar-refractivity contribution is 0.599. The molecule has 0 unspecified atom stereocenters. The predicted octanol–water partition coefficient (Wildman–Crippen LogP) is 3.75. The first-order chi connectivity index (χ1) is 11.8. The molecule has 6 nitrogen and oxygen atoms in total. The molecule has 0 aliphatic rings. The average Bonchev–Trinajstić information content (AvgIpc) is 2.45. The van der Waals surface area contributed by atoms with Crippen molar-refractivity contribution in [1.29, 1.82) is 0 Å². The van der Waals surface area contributed by atoms with Crippen LogP contribution in [0.3, 0.4) is 0 Å². The fourth-order valence-electron chi connectivity index (χ4n) is 2.86. The minimum Gasteiger partial charge on any atom is -0.283 e. The lowest BCUT2D eigenvalue weighted by Gasteiger charge is -2.19. The van der Waals surface area contributed by atoms with E-state index in [0.717, 1.165) is 6.26 Å². The molecule has 0 radical (unpaired) electrons. The highest BCUT2D eigenvalue weighted by molar-refractivity contribution is 7.93. The molecular formula is C17H21ClN2O4S2. The third-order valence-corrected chi connectivity index (χ3v) is 6.35. The molecule has 26 heavy (non-hydrogen) atoms. The van der Waals surface area contributed by atoms with Crippen molar-refractivity contribution in [2.24, 2.45) is 0 Å². The molecule has 0 atom stereocenters. The molecule has 2 N–H and O–H groups in total. The molecular weight excluding hydrogens is 396 g/mol. The molecule has 2 aromatic carbocycles. The Morgan fingerprint density at radius 3 is 2.00 bits per heavy atom. The van der Waals surface area contributed by atoms with Crippen molar-refractivity contribution in [2.45, 2.75) is 32.6 Å². The van der Waals surface area contributed by atoms with E-state index in [1.165, 1.54) is 0 Å². The summed E-state index contributed by atoms with van der Waals surface area (Å²) in [6.07, 6.45) is 1.02. The Labute approximate surface area is 159 Å². The summed E-state index contributed by atoms with van der Waals surface area (Å²) in [6, 6.07) is 6.48. The molecule has 0 amide bonds. The Bertz CT molecular complexity index is 1080. The zero-order chi connectivity index (χ0) is 19.9. The highest BCUT2D eigenvalue weighted by Crippen LogP contribution is 2.32. The van der Waals surface area contributed by atoms with Crippen molar-refractivity contribution in [2.75, 3.05) is 15.7 Å². The maximum absolute atomic E-state index is 13.0. The fourth-order valence-corrected chi connectivity index (χ4v) is 5.38. The van der Waals surface area contributed by atoms with Crippen LogP contribution < -0.4 is 9.44 Å². The summed E-state index contributed by atoms with van der Waals surface area (Å²) in [6.45, 7) is 6.72. The van der Waals surface area contributed by atoms with Gasteiger partial charge in [-0.05, 0) is 68.1 Å². The predicted molar refractivity (Wildman–Crippen MR) is 106 cm³/mol. The van der Waals surface area contributed by atoms with Crippen LogP contribution in [-0.4, -0.2) is 23.1 Å². The molecule has 0 aromatic heterocycles. The Morgan fingerprint density at radius 2 is 1.46 bits per heavy atom. The van der Waals surface area contributed by atoms with E-state index >= 15 is 0 Å². The van der Waals surface area contributed by atoms with Gasteiger partial charge < -0.3 is 0 Å². The van der Waals surface area contributed by atoms with E-state index in [4.69, 9.17) is 11.6 Å². The molecule has 2 rings (SSSR count). The van der Waals surface area contributed by atoms with Crippen molar-refractivity contribution >= 4 is 43.0 Å². The summed E-state index contributed by atoms with van der Waals surface area (Å²) in [5.74, 6) is 0. The topological polar surface area (TPSA) is 92.3 Å². The molecule has 2 aromatic rings. The number of benzene rings is 2. The summed E-state index contributed by atoms with van der Waals surface area (Å²) in [5, 5.41) is 0.507. The number of rotatable bonds is 5. The molecule has 0 aliphatic carbocycles. The fraction of sp³-hybridized carbons (Fsp3) is 0.294. The summed E-state index contributed by atoms with van der Waals surface area (Å²) in [5.41, 5.74) is 2.87. The maximum Gasteiger partial charge on any atom is 0.262 e. The van der Waals surface area contributed by atoms with E-state index in [1.54, 1.807) is 52.0 Å². The number of anilines is 2. The lowest BCUT2D eigenvalue weighted by atomic mass is 10.1. The van der Waals surface area contributed by atoms with Gasteiger partial charge in [-0.2, -0.15) is 0 Å². The van der Waals surface area contributed by atoms with Crippen LogP contribution in [0.1, 0.15) is 22.3 Å². The molecule has 142 valence electrons. The monoisotopic (exact) mass is 416 g/mol. The molecule has 0 aliphatic heterocycles. The first-order valence-corrected chi connectivity index (χ1v) is 11.4. The number of hydrogen-bond acceptors (Lipinski definition) is 4. The third-order valence-electron chi connectivity index (χ3n) is 3.89. The van der Waals surface area contributed by atoms with E-state index in [-0.39, 0.29) is 10.6 Å². The normalized spacial score (nSPS) is 12.1. The van der Waals surface area contributed by atoms with E-state index in [0.29, 0.717) is 33.0 Å². The quantitative estimate of drug-likeness (QED) is 0.776. The lowest BCUT2D eigenvalue weighted by Crippen LogP contribution is -2.19. The van der Waals surface area contributed by atoms with Gasteiger partial charge in [0.05, 0.1) is 22.5 Å². The molecule has 0 bridgehead atoms. The van der Waals surface area contributed by atoms with Crippen LogP contribution in [-0.2, 0) is 20.0 Å². The molecule has 0 saturated carbocycles. The summed E-state index contributed by atoms with van der Waals surface area (Å²) in [7, 11) is -7.48. The largest absolute Gasteiger partial charge is 0.283 e. The van der Waals surface area contributed by atoms with Gasteiger partial charge in [-0.1, -0.05) is 17.7 Å². The number of hydrogen-bond donors (Lipinski definition) is 2. The Kier molecular flexibility index (Phi) is 5.60. The van der Waals surface area contributed by atoms with Gasteiger partial charge in [-0.15, -0.1) is 0 Å². The average molecular weight is 417 g/mol. The van der Waals surface area contributed by atoms with Crippen molar-refractivity contribution in [1.82, 2.24) is 0 Å². The third kappa shape index (κ3) is 4.49. The summed E-state index contributed by atoms with van der Waals surface area (Å²) < 4.78 is 54.2. The second kappa shape index (κ2) is 7.09. The van der Waals surface area contributed by atoms with E-state index in [1.807, 2.05) is 0 Å². The van der Waals surface area contributed by atoms with Gasteiger partial charge in [-0.25, -0.2) is 16.8 Å². The second-order valence-electron chi connectivity index (χ2n) is 6.28. The minimum absolute atomic E-state index is 0.0450. The summed E-state index contributed by atoms with van der Waals surface area (Å²) >= 11 is 5.91. The van der Waals surface area contributed by atoms with Crippen LogP contribution in [0, 0.1) is 27.7 Å². The molecule has 0 spiro atoms. The Balaban J connectivity index is 2.60. The van der Waals surface area contributed by atoms with Gasteiger partial charge in [0, 0.05) is 5.02 Å². The van der Waals surface area contributed by atoms with Gasteiger partial charge in [0.15, 0.2) is 0 Å². The van der Waals surface area contributed by atoms with Crippen molar-refractivity contribution in [3.63, 3.8) is 0 Å². The van der Waals surface area contributed by atoms with Gasteiger partial charge in [-0.3, -0.25) is 9.44 Å². The van der Waals surface area contributed by atoms with Crippen LogP contribution in [0.2, 0.25) is 5.02 Å². The first kappa shape index (κ1) is 20.5. The number of halogens is 1. The minimum atomic E-state index is -3.93. The number of nitrogens with one attached hydrogen (secondary N) is 2. The second-order valence-corrected chi connectivity index (χ2v) is 10.1. The van der Waals surface area contributed by atoms with Crippen molar-refractivity contribution < 1.29 is 16.8 Å². The van der Waals surface area contributed by atoms with Gasteiger partial charge in [0.25, 0.3) is 10.0 Å². The molecule has 0 saturated heterocycles. The van der Waals surface area contributed by atoms with Crippen LogP contribution in [0.25, 0.3) is 0 Å². The van der Waals surface area contributed by atoms with Crippen LogP contribution in [0.5, 0.6) is 0 Å². The van der Waals surface area contributed by atoms with Gasteiger partial charge in [0.2, 0.25) is 10.0 Å². The zero-order valence-electron chi connectivity index (χ0n) is 15.1. The van der Waals surface area contributed by atoms with E-state index in [2.05, 4.69) is 9.44 Å². The standard InChI is InChI=1S/C17H21ClN2O4S2/c1-10-9-14(18)6-7-15(10)19-26(23,24)17-12(3)8-11(2)16(13(17)4)20-25(5,21)22/h6-9,19-20H,1-5H3. The van der Waals surface area contributed by atoms with Gasteiger partial charge in [0.1, 0.15) is 0 Å². The highest BCUT2D eigenvalue weighted by Gasteiger charge is 2.24. The zero-order valence-corrected chi connectivity index (χ0v) is 17.5. The van der Waals surface area contributed by atoms with Crippen LogP contribution >= 0.6 is 11.6 Å². The molecule has 9 heteroatoms. The summed E-state index contributed by atoms with van der Waals surface area (Å²) in [4.78, 5) is 0.0450. The molecule has 0 heterocycles. The number of aryl methyl sites for hydroxylation is 3. The number of sulfonamides is 2. The SMILES string of the molecule is Cc1cc(Cl)ccc1NS(=O)(=O)c1c(C)cc(C)c(NS(C)(=O)=O)c1C. The van der Waals surface area contributed by atoms with Gasteiger partial charge >= 0.3 is 0 Å². The maximum atomic E-state index is 13.0. The Morgan fingerprint density at radius 1 is 0.846 bits per heavy atom. The van der Waals surface area contributed by atoms with Crippen molar-refractivity contribution in [3.8, 4) is 0 Å². The van der Waals surface area contributed by atoms with E-state index < -0.39 is 20.0 Å². The first-order valence-electron chi connectivity index (χ1n) is 7.69. The smallest absolute Gasteiger partial charge is 0.262 e. The van der Waals surface area contributed by atoms with Crippen molar-refractivity contribution in [3.05, 3.63) is 51.5 Å². The highest BCUT2D eigenvalue weighted by atomic mass is 35.5. The van der Waals surface area contributed by atoms with E-state index in [9.17, 15) is 16.8 Å².